The molecule has 0 bridgehead atoms. The quantitative estimate of drug-likeness (QED) is 0.213. The van der Waals surface area contributed by atoms with Crippen molar-refractivity contribution in [1.29, 1.82) is 0 Å². The molecule has 240 valence electrons. The van der Waals surface area contributed by atoms with E-state index in [1.54, 1.807) is 0 Å². The third-order valence-electron chi connectivity index (χ3n) is 8.75. The number of hydrogen-bond acceptors (Lipinski definition) is 6. The molecule has 0 aromatic heterocycles. The van der Waals surface area contributed by atoms with Crippen molar-refractivity contribution < 1.29 is 29.3 Å². The number of hydrogen-bond donors (Lipinski definition) is 3. The van der Waals surface area contributed by atoms with E-state index in [4.69, 9.17) is 14.6 Å². The number of rotatable bonds is 12. The van der Waals surface area contributed by atoms with E-state index in [-0.39, 0.29) is 37.6 Å². The van der Waals surface area contributed by atoms with E-state index in [1.165, 1.54) is 32.1 Å². The molecular formula is C37H46N2O6. The summed E-state index contributed by atoms with van der Waals surface area (Å²) in [5.41, 5.74) is 6.03. The molecule has 3 aromatic carbocycles. The number of nitrogens with one attached hydrogen (secondary N) is 1. The Morgan fingerprint density at radius 3 is 2.22 bits per heavy atom. The number of carboxylic acid groups (broad SMARTS) is 1. The Morgan fingerprint density at radius 1 is 0.800 bits per heavy atom. The minimum absolute atomic E-state index is 0.00663. The molecule has 2 saturated heterocycles. The SMILES string of the molecule is O=C(O)CCCC(=O)NCc1cccc(-c2ccc([C@H]3O[C@@H](CN4CCCCCCC4)C[C@@H](c4ccc(CO)cc4)O3)cc2)c1. The van der Waals surface area contributed by atoms with Gasteiger partial charge in [0.05, 0.1) is 18.8 Å². The smallest absolute Gasteiger partial charge is 0.303 e. The van der Waals surface area contributed by atoms with Gasteiger partial charge in [0.15, 0.2) is 6.29 Å². The van der Waals surface area contributed by atoms with Crippen LogP contribution in [0.25, 0.3) is 11.1 Å². The number of aliphatic carboxylic acids is 1. The number of amides is 1. The van der Waals surface area contributed by atoms with Gasteiger partial charge >= 0.3 is 5.97 Å². The van der Waals surface area contributed by atoms with Crippen molar-refractivity contribution in [3.63, 3.8) is 0 Å². The monoisotopic (exact) mass is 614 g/mol. The number of carboxylic acids is 1. The van der Waals surface area contributed by atoms with Crippen LogP contribution in [0.4, 0.5) is 0 Å². The van der Waals surface area contributed by atoms with Gasteiger partial charge in [0.1, 0.15) is 0 Å². The molecule has 1 amide bonds. The van der Waals surface area contributed by atoms with Crippen LogP contribution in [-0.4, -0.2) is 52.7 Å². The van der Waals surface area contributed by atoms with Crippen LogP contribution in [0.5, 0.6) is 0 Å². The molecule has 0 saturated carbocycles. The lowest BCUT2D eigenvalue weighted by Gasteiger charge is -2.38. The predicted octanol–water partition coefficient (Wildman–Crippen LogP) is 6.53. The molecule has 2 fully saturated rings. The molecule has 45 heavy (non-hydrogen) atoms. The van der Waals surface area contributed by atoms with Crippen molar-refractivity contribution in [2.75, 3.05) is 19.6 Å². The highest BCUT2D eigenvalue weighted by atomic mass is 16.7. The maximum absolute atomic E-state index is 12.1. The van der Waals surface area contributed by atoms with Gasteiger partial charge in [0, 0.05) is 37.9 Å². The molecule has 2 aliphatic rings. The number of benzene rings is 3. The van der Waals surface area contributed by atoms with Crippen molar-refractivity contribution in [3.8, 4) is 11.1 Å². The Bertz CT molecular complexity index is 1370. The maximum atomic E-state index is 12.1. The fourth-order valence-corrected chi connectivity index (χ4v) is 6.20. The van der Waals surface area contributed by atoms with Crippen LogP contribution in [0.3, 0.4) is 0 Å². The van der Waals surface area contributed by atoms with E-state index in [0.29, 0.717) is 13.0 Å². The first-order chi connectivity index (χ1) is 22.0. The van der Waals surface area contributed by atoms with Crippen molar-refractivity contribution in [2.45, 2.75) is 89.4 Å². The van der Waals surface area contributed by atoms with Crippen LogP contribution in [0.1, 0.15) is 92.4 Å². The minimum atomic E-state index is -0.889. The van der Waals surface area contributed by atoms with Gasteiger partial charge in [-0.3, -0.25) is 9.59 Å². The number of aliphatic hydroxyl groups excluding tert-OH is 1. The Hall–Kier alpha value is -3.56. The van der Waals surface area contributed by atoms with Crippen molar-refractivity contribution >= 4 is 11.9 Å². The maximum Gasteiger partial charge on any atom is 0.303 e. The lowest BCUT2D eigenvalue weighted by Crippen LogP contribution is -2.40. The number of carbonyl (C=O) groups is 2. The molecule has 8 nitrogen and oxygen atoms in total. The molecule has 0 unspecified atom stereocenters. The van der Waals surface area contributed by atoms with E-state index in [0.717, 1.165) is 59.4 Å². The molecule has 3 atom stereocenters. The fourth-order valence-electron chi connectivity index (χ4n) is 6.20. The summed E-state index contributed by atoms with van der Waals surface area (Å²) >= 11 is 0. The molecule has 0 spiro atoms. The first-order valence-electron chi connectivity index (χ1n) is 16.4. The summed E-state index contributed by atoms with van der Waals surface area (Å²) in [6, 6.07) is 24.4. The third kappa shape index (κ3) is 9.96. The molecule has 8 heteroatoms. The highest BCUT2D eigenvalue weighted by Crippen LogP contribution is 2.39. The standard InChI is InChI=1S/C37H46N2O6/c40-26-27-12-14-30(15-13-27)34-23-33(25-39-20-4-2-1-3-5-21-39)44-37(45-34)31-18-16-29(17-19-31)32-9-6-8-28(22-32)24-38-35(41)10-7-11-36(42)43/h6,8-9,12-19,22,33-34,37,40H,1-5,7,10-11,20-21,23-26H2,(H,38,41)(H,42,43)/t33-,34+,37+/m1/s1. The number of ether oxygens (including phenoxy) is 2. The van der Waals surface area contributed by atoms with Gasteiger partial charge in [-0.05, 0) is 66.2 Å². The fraction of sp³-hybridized carbons (Fsp3) is 0.459. The average molecular weight is 615 g/mol. The molecule has 0 aliphatic carbocycles. The van der Waals surface area contributed by atoms with Crippen LogP contribution in [0.2, 0.25) is 0 Å². The second-order valence-electron chi connectivity index (χ2n) is 12.3. The van der Waals surface area contributed by atoms with Crippen molar-refractivity contribution in [3.05, 3.63) is 95.1 Å². The van der Waals surface area contributed by atoms with Crippen molar-refractivity contribution in [2.24, 2.45) is 0 Å². The van der Waals surface area contributed by atoms with E-state index in [2.05, 4.69) is 52.7 Å². The van der Waals surface area contributed by atoms with Gasteiger partial charge in [-0.25, -0.2) is 0 Å². The van der Waals surface area contributed by atoms with Gasteiger partial charge in [-0.15, -0.1) is 0 Å². The second kappa shape index (κ2) is 16.7. The summed E-state index contributed by atoms with van der Waals surface area (Å²) in [5, 5.41) is 21.2. The van der Waals surface area contributed by atoms with Gasteiger partial charge < -0.3 is 29.9 Å². The lowest BCUT2D eigenvalue weighted by molar-refractivity contribution is -0.253. The number of aliphatic hydroxyl groups is 1. The van der Waals surface area contributed by atoms with E-state index >= 15 is 0 Å². The number of carbonyl (C=O) groups excluding carboxylic acids is 1. The summed E-state index contributed by atoms with van der Waals surface area (Å²) < 4.78 is 13.2. The van der Waals surface area contributed by atoms with Crippen LogP contribution in [-0.2, 0) is 32.2 Å². The van der Waals surface area contributed by atoms with E-state index in [9.17, 15) is 14.7 Å². The van der Waals surface area contributed by atoms with Crippen LogP contribution in [0, 0.1) is 0 Å². The predicted molar refractivity (Wildman–Crippen MR) is 173 cm³/mol. The zero-order valence-electron chi connectivity index (χ0n) is 26.0. The molecular weight excluding hydrogens is 568 g/mol. The van der Waals surface area contributed by atoms with Gasteiger partial charge in [-0.1, -0.05) is 86.0 Å². The Kier molecular flexibility index (Phi) is 12.2. The molecule has 3 aromatic rings. The van der Waals surface area contributed by atoms with E-state index < -0.39 is 12.3 Å². The summed E-state index contributed by atoms with van der Waals surface area (Å²) in [5.74, 6) is -1.04. The van der Waals surface area contributed by atoms with Crippen LogP contribution < -0.4 is 5.32 Å². The molecule has 3 N–H and O–H groups in total. The average Bonchev–Trinajstić information content (AvgIpc) is 3.05. The van der Waals surface area contributed by atoms with Crippen LogP contribution >= 0.6 is 0 Å². The zero-order valence-corrected chi connectivity index (χ0v) is 26.0. The highest BCUT2D eigenvalue weighted by Gasteiger charge is 2.33. The second-order valence-corrected chi connectivity index (χ2v) is 12.3. The third-order valence-corrected chi connectivity index (χ3v) is 8.75. The molecule has 0 radical (unpaired) electrons. The molecule has 2 aliphatic heterocycles. The topological polar surface area (TPSA) is 108 Å². The Morgan fingerprint density at radius 2 is 1.51 bits per heavy atom. The largest absolute Gasteiger partial charge is 0.481 e. The van der Waals surface area contributed by atoms with Crippen molar-refractivity contribution in [1.82, 2.24) is 10.2 Å². The number of nitrogens with zero attached hydrogens (tertiary/aromatic N) is 1. The van der Waals surface area contributed by atoms with Gasteiger partial charge in [0.25, 0.3) is 0 Å². The Balaban J connectivity index is 1.26. The zero-order chi connectivity index (χ0) is 31.4. The summed E-state index contributed by atoms with van der Waals surface area (Å²) in [7, 11) is 0. The van der Waals surface area contributed by atoms with Gasteiger partial charge in [0.2, 0.25) is 5.91 Å². The summed E-state index contributed by atoms with van der Waals surface area (Å²) in [4.78, 5) is 25.4. The molecule has 5 rings (SSSR count). The van der Waals surface area contributed by atoms with E-state index in [1.807, 2.05) is 30.3 Å². The van der Waals surface area contributed by atoms with Crippen LogP contribution in [0.15, 0.2) is 72.8 Å². The summed E-state index contributed by atoms with van der Waals surface area (Å²) in [6.45, 7) is 3.53. The normalized spacial score (nSPS) is 21.0. The minimum Gasteiger partial charge on any atom is -0.481 e. The summed E-state index contributed by atoms with van der Waals surface area (Å²) in [6.07, 6.45) is 7.16. The lowest BCUT2D eigenvalue weighted by atomic mass is 9.98. The number of likely N-dealkylation sites (tertiary alicyclic amines) is 1. The first kappa shape index (κ1) is 32.8. The first-order valence-corrected chi connectivity index (χ1v) is 16.4. The van der Waals surface area contributed by atoms with Gasteiger partial charge in [-0.2, -0.15) is 0 Å². The Labute approximate surface area is 266 Å². The highest BCUT2D eigenvalue weighted by molar-refractivity contribution is 5.76. The molecule has 2 heterocycles.